The smallest absolute Gasteiger partial charge is 0.305 e. The van der Waals surface area contributed by atoms with Gasteiger partial charge in [-0.3, -0.25) is 4.79 Å². The van der Waals surface area contributed by atoms with Gasteiger partial charge in [0.05, 0.1) is 12.5 Å². The maximum atomic E-state index is 11.2. The number of rotatable bonds is 6. The lowest BCUT2D eigenvalue weighted by atomic mass is 9.78. The second-order valence-electron chi connectivity index (χ2n) is 6.20. The predicted octanol–water partition coefficient (Wildman–Crippen LogP) is 2.66. The van der Waals surface area contributed by atoms with Crippen molar-refractivity contribution >= 4 is 5.97 Å². The Balaban J connectivity index is 1.90. The van der Waals surface area contributed by atoms with E-state index in [9.17, 15) is 9.90 Å². The van der Waals surface area contributed by atoms with Crippen LogP contribution in [-0.4, -0.2) is 47.8 Å². The number of nitrogens with zero attached hydrogens (tertiary/aromatic N) is 1. The van der Waals surface area contributed by atoms with Gasteiger partial charge >= 0.3 is 5.97 Å². The number of carboxylic acid groups (broad SMARTS) is 1. The molecule has 0 aromatic rings. The summed E-state index contributed by atoms with van der Waals surface area (Å²) in [7, 11) is 2.10. The number of carboxylic acids is 1. The standard InChI is InChI=1S/C15H27NO3/c1-16(10-7-13-6-5-11-19-13)15(12-14(17)18)8-3-2-4-9-15/h13H,2-12H2,1H3,(H,17,18). The van der Waals surface area contributed by atoms with Gasteiger partial charge in [0.1, 0.15) is 0 Å². The van der Waals surface area contributed by atoms with Crippen molar-refractivity contribution in [2.24, 2.45) is 0 Å². The van der Waals surface area contributed by atoms with Crippen LogP contribution < -0.4 is 0 Å². The second-order valence-corrected chi connectivity index (χ2v) is 6.20. The molecule has 110 valence electrons. The zero-order valence-electron chi connectivity index (χ0n) is 12.1. The van der Waals surface area contributed by atoms with Crippen molar-refractivity contribution in [1.82, 2.24) is 4.90 Å². The first-order chi connectivity index (χ1) is 9.12. The molecule has 1 heterocycles. The monoisotopic (exact) mass is 269 g/mol. The lowest BCUT2D eigenvalue weighted by Crippen LogP contribution is -2.50. The average molecular weight is 269 g/mol. The maximum absolute atomic E-state index is 11.2. The summed E-state index contributed by atoms with van der Waals surface area (Å²) in [5.74, 6) is -0.661. The minimum atomic E-state index is -0.661. The highest BCUT2D eigenvalue weighted by molar-refractivity contribution is 5.68. The van der Waals surface area contributed by atoms with Crippen molar-refractivity contribution in [2.75, 3.05) is 20.2 Å². The molecular formula is C15H27NO3. The predicted molar refractivity (Wildman–Crippen MR) is 74.3 cm³/mol. The summed E-state index contributed by atoms with van der Waals surface area (Å²) in [6, 6.07) is 0. The highest BCUT2D eigenvalue weighted by Gasteiger charge is 2.38. The zero-order chi connectivity index (χ0) is 13.7. The Morgan fingerprint density at radius 2 is 2.05 bits per heavy atom. The fraction of sp³-hybridized carbons (Fsp3) is 0.933. The molecule has 0 bridgehead atoms. The Morgan fingerprint density at radius 1 is 1.32 bits per heavy atom. The van der Waals surface area contributed by atoms with E-state index in [-0.39, 0.29) is 12.0 Å². The quantitative estimate of drug-likeness (QED) is 0.805. The molecule has 0 spiro atoms. The van der Waals surface area contributed by atoms with E-state index in [0.717, 1.165) is 45.3 Å². The van der Waals surface area contributed by atoms with Gasteiger partial charge in [-0.15, -0.1) is 0 Å². The molecule has 1 saturated carbocycles. The Morgan fingerprint density at radius 3 is 2.63 bits per heavy atom. The van der Waals surface area contributed by atoms with E-state index in [0.29, 0.717) is 6.10 Å². The average Bonchev–Trinajstić information content (AvgIpc) is 2.89. The van der Waals surface area contributed by atoms with Crippen LogP contribution in [0.25, 0.3) is 0 Å². The van der Waals surface area contributed by atoms with Crippen molar-refractivity contribution in [2.45, 2.75) is 69.4 Å². The van der Waals surface area contributed by atoms with E-state index in [4.69, 9.17) is 4.74 Å². The van der Waals surface area contributed by atoms with Crippen LogP contribution in [0.2, 0.25) is 0 Å². The molecule has 1 aliphatic heterocycles. The number of aliphatic carboxylic acids is 1. The Kier molecular flexibility index (Phi) is 5.22. The van der Waals surface area contributed by atoms with Crippen molar-refractivity contribution < 1.29 is 14.6 Å². The van der Waals surface area contributed by atoms with Gasteiger partial charge in [-0.05, 0) is 39.2 Å². The first kappa shape index (κ1) is 14.8. The van der Waals surface area contributed by atoms with E-state index >= 15 is 0 Å². The first-order valence-electron chi connectivity index (χ1n) is 7.67. The summed E-state index contributed by atoms with van der Waals surface area (Å²) in [6.45, 7) is 1.85. The van der Waals surface area contributed by atoms with Crippen LogP contribution in [0.4, 0.5) is 0 Å². The number of carbonyl (C=O) groups is 1. The molecule has 1 N–H and O–H groups in total. The summed E-state index contributed by atoms with van der Waals surface area (Å²) in [5, 5.41) is 9.21. The number of ether oxygens (including phenoxy) is 1. The Hall–Kier alpha value is -0.610. The van der Waals surface area contributed by atoms with Crippen molar-refractivity contribution in [3.63, 3.8) is 0 Å². The highest BCUT2D eigenvalue weighted by atomic mass is 16.5. The van der Waals surface area contributed by atoms with Gasteiger partial charge in [0.25, 0.3) is 0 Å². The van der Waals surface area contributed by atoms with E-state index in [1.165, 1.54) is 19.3 Å². The highest BCUT2D eigenvalue weighted by Crippen LogP contribution is 2.36. The van der Waals surface area contributed by atoms with Crippen LogP contribution in [0, 0.1) is 0 Å². The number of hydrogen-bond donors (Lipinski definition) is 1. The topological polar surface area (TPSA) is 49.8 Å². The first-order valence-corrected chi connectivity index (χ1v) is 7.67. The van der Waals surface area contributed by atoms with Gasteiger partial charge in [0.2, 0.25) is 0 Å². The van der Waals surface area contributed by atoms with Crippen LogP contribution >= 0.6 is 0 Å². The van der Waals surface area contributed by atoms with Gasteiger partial charge in [-0.25, -0.2) is 0 Å². The fourth-order valence-electron chi connectivity index (χ4n) is 3.63. The fourth-order valence-corrected chi connectivity index (χ4v) is 3.63. The Labute approximate surface area is 116 Å². The summed E-state index contributed by atoms with van der Waals surface area (Å²) < 4.78 is 5.66. The van der Waals surface area contributed by atoms with Crippen molar-refractivity contribution in [1.29, 1.82) is 0 Å². The van der Waals surface area contributed by atoms with E-state index < -0.39 is 5.97 Å². The van der Waals surface area contributed by atoms with Crippen molar-refractivity contribution in [3.8, 4) is 0 Å². The van der Waals surface area contributed by atoms with Crippen LogP contribution in [0.3, 0.4) is 0 Å². The lowest BCUT2D eigenvalue weighted by Gasteiger charge is -2.44. The third-order valence-electron chi connectivity index (χ3n) is 4.88. The molecule has 1 unspecified atom stereocenters. The minimum Gasteiger partial charge on any atom is -0.481 e. The van der Waals surface area contributed by atoms with Gasteiger partial charge < -0.3 is 14.7 Å². The SMILES string of the molecule is CN(CCC1CCCO1)C1(CC(=O)O)CCCCC1. The normalized spacial score (nSPS) is 26.7. The molecule has 1 saturated heterocycles. The molecule has 4 heteroatoms. The van der Waals surface area contributed by atoms with Gasteiger partial charge in [0.15, 0.2) is 0 Å². The van der Waals surface area contributed by atoms with Gasteiger partial charge in [-0.1, -0.05) is 19.3 Å². The molecule has 1 atom stereocenters. The van der Waals surface area contributed by atoms with E-state index in [1.54, 1.807) is 0 Å². The largest absolute Gasteiger partial charge is 0.481 e. The summed E-state index contributed by atoms with van der Waals surface area (Å²) in [6.07, 6.45) is 9.70. The molecule has 1 aliphatic carbocycles. The third-order valence-corrected chi connectivity index (χ3v) is 4.88. The molecular weight excluding hydrogens is 242 g/mol. The molecule has 4 nitrogen and oxygen atoms in total. The summed E-state index contributed by atoms with van der Waals surface area (Å²) >= 11 is 0. The molecule has 0 amide bonds. The van der Waals surface area contributed by atoms with Crippen molar-refractivity contribution in [3.05, 3.63) is 0 Å². The Bertz CT molecular complexity index is 294. The van der Waals surface area contributed by atoms with Crippen LogP contribution in [0.5, 0.6) is 0 Å². The molecule has 0 aromatic carbocycles. The van der Waals surface area contributed by atoms with Gasteiger partial charge in [-0.2, -0.15) is 0 Å². The van der Waals surface area contributed by atoms with E-state index in [1.807, 2.05) is 0 Å². The van der Waals surface area contributed by atoms with E-state index in [2.05, 4.69) is 11.9 Å². The molecule has 0 radical (unpaired) electrons. The lowest BCUT2D eigenvalue weighted by molar-refractivity contribution is -0.141. The molecule has 0 aromatic heterocycles. The molecule has 2 fully saturated rings. The molecule has 19 heavy (non-hydrogen) atoms. The molecule has 2 rings (SSSR count). The van der Waals surface area contributed by atoms with Crippen LogP contribution in [0.1, 0.15) is 57.8 Å². The minimum absolute atomic E-state index is 0.108. The third kappa shape index (κ3) is 3.93. The number of hydrogen-bond acceptors (Lipinski definition) is 3. The zero-order valence-corrected chi connectivity index (χ0v) is 12.1. The van der Waals surface area contributed by atoms with Gasteiger partial charge in [0, 0.05) is 18.7 Å². The van der Waals surface area contributed by atoms with Crippen LogP contribution in [-0.2, 0) is 9.53 Å². The van der Waals surface area contributed by atoms with Crippen LogP contribution in [0.15, 0.2) is 0 Å². The summed E-state index contributed by atoms with van der Waals surface area (Å²) in [4.78, 5) is 13.5. The molecule has 2 aliphatic rings. The summed E-state index contributed by atoms with van der Waals surface area (Å²) in [5.41, 5.74) is -0.108. The second kappa shape index (κ2) is 6.71. The maximum Gasteiger partial charge on any atom is 0.305 e.